The number of rotatable bonds is 5. The Hall–Kier alpha value is -2.71. The van der Waals surface area contributed by atoms with Crippen molar-refractivity contribution >= 4 is 27.6 Å². The molecule has 0 saturated carbocycles. The molecule has 3 rings (SSSR count). The van der Waals surface area contributed by atoms with E-state index in [1.165, 1.54) is 23.5 Å². The molecule has 1 saturated heterocycles. The molecule has 1 amide bonds. The smallest absolute Gasteiger partial charge is 0.337 e. The highest BCUT2D eigenvalue weighted by Crippen LogP contribution is 2.23. The lowest BCUT2D eigenvalue weighted by Gasteiger charge is -2.16. The normalized spacial score (nSPS) is 14.6. The van der Waals surface area contributed by atoms with Crippen LogP contribution in [-0.4, -0.2) is 44.8 Å². The summed E-state index contributed by atoms with van der Waals surface area (Å²) in [6.45, 7) is 2.77. The first-order valence-electron chi connectivity index (χ1n) is 8.93. The van der Waals surface area contributed by atoms with Crippen LogP contribution >= 0.6 is 0 Å². The zero-order chi connectivity index (χ0) is 20.3. The highest BCUT2D eigenvalue weighted by molar-refractivity contribution is 7.89. The van der Waals surface area contributed by atoms with E-state index in [9.17, 15) is 18.0 Å². The molecular weight excluding hydrogens is 380 g/mol. The molecule has 0 radical (unpaired) electrons. The van der Waals surface area contributed by atoms with Crippen molar-refractivity contribution < 1.29 is 22.7 Å². The SMILES string of the molecule is COC(=O)c1ccc(NC(=O)c2cccc(S(=O)(=O)N3CCCC3)c2)c(C)c1. The molecule has 0 aliphatic carbocycles. The third-order valence-electron chi connectivity index (χ3n) is 4.69. The molecule has 0 unspecified atom stereocenters. The number of hydrogen-bond acceptors (Lipinski definition) is 5. The average Bonchev–Trinajstić information content (AvgIpc) is 3.24. The molecule has 1 aliphatic rings. The first-order chi connectivity index (χ1) is 13.3. The summed E-state index contributed by atoms with van der Waals surface area (Å²) in [5, 5.41) is 2.76. The summed E-state index contributed by atoms with van der Waals surface area (Å²) in [7, 11) is -2.29. The van der Waals surface area contributed by atoms with Crippen LogP contribution in [0.1, 0.15) is 39.1 Å². The van der Waals surface area contributed by atoms with E-state index in [0.29, 0.717) is 29.9 Å². The molecule has 0 spiro atoms. The number of methoxy groups -OCH3 is 1. The van der Waals surface area contributed by atoms with E-state index in [4.69, 9.17) is 0 Å². The van der Waals surface area contributed by atoms with E-state index in [-0.39, 0.29) is 10.5 Å². The van der Waals surface area contributed by atoms with Gasteiger partial charge in [-0.1, -0.05) is 6.07 Å². The van der Waals surface area contributed by atoms with Gasteiger partial charge in [0.15, 0.2) is 0 Å². The standard InChI is InChI=1S/C20H22N2O5S/c1-14-12-16(20(24)27-2)8-9-18(14)21-19(23)15-6-5-7-17(13-15)28(25,26)22-10-3-4-11-22/h5-9,12-13H,3-4,10-11H2,1-2H3,(H,21,23). The monoisotopic (exact) mass is 402 g/mol. The quantitative estimate of drug-likeness (QED) is 0.777. The Kier molecular flexibility index (Phi) is 5.81. The van der Waals surface area contributed by atoms with Gasteiger partial charge < -0.3 is 10.1 Å². The molecule has 0 aromatic heterocycles. The highest BCUT2D eigenvalue weighted by Gasteiger charge is 2.27. The van der Waals surface area contributed by atoms with Gasteiger partial charge in [0.25, 0.3) is 5.91 Å². The molecule has 7 nitrogen and oxygen atoms in total. The molecule has 0 bridgehead atoms. The summed E-state index contributed by atoms with van der Waals surface area (Å²) < 4.78 is 31.5. The molecule has 1 heterocycles. The van der Waals surface area contributed by atoms with Gasteiger partial charge in [0.05, 0.1) is 17.6 Å². The Morgan fingerprint density at radius 1 is 1.04 bits per heavy atom. The largest absolute Gasteiger partial charge is 0.465 e. The number of sulfonamides is 1. The maximum Gasteiger partial charge on any atom is 0.337 e. The van der Waals surface area contributed by atoms with E-state index in [1.807, 2.05) is 0 Å². The van der Waals surface area contributed by atoms with Gasteiger partial charge in [-0.15, -0.1) is 0 Å². The highest BCUT2D eigenvalue weighted by atomic mass is 32.2. The topological polar surface area (TPSA) is 92.8 Å². The maximum atomic E-state index is 12.7. The second-order valence-electron chi connectivity index (χ2n) is 6.61. The Bertz CT molecular complexity index is 1010. The van der Waals surface area contributed by atoms with Crippen LogP contribution in [0.5, 0.6) is 0 Å². The molecule has 1 fully saturated rings. The van der Waals surface area contributed by atoms with Crippen LogP contribution in [0, 0.1) is 6.92 Å². The summed E-state index contributed by atoms with van der Waals surface area (Å²) in [6, 6.07) is 10.8. The Morgan fingerprint density at radius 2 is 1.75 bits per heavy atom. The minimum Gasteiger partial charge on any atom is -0.465 e. The van der Waals surface area contributed by atoms with Gasteiger partial charge >= 0.3 is 5.97 Å². The summed E-state index contributed by atoms with van der Waals surface area (Å²) in [5.74, 6) is -0.881. The molecule has 2 aromatic carbocycles. The molecule has 28 heavy (non-hydrogen) atoms. The minimum absolute atomic E-state index is 0.111. The average molecular weight is 402 g/mol. The zero-order valence-corrected chi connectivity index (χ0v) is 16.6. The second kappa shape index (κ2) is 8.12. The fraction of sp³-hybridized carbons (Fsp3) is 0.300. The lowest BCUT2D eigenvalue weighted by atomic mass is 10.1. The van der Waals surface area contributed by atoms with Crippen LogP contribution in [0.2, 0.25) is 0 Å². The van der Waals surface area contributed by atoms with Crippen molar-refractivity contribution in [3.63, 3.8) is 0 Å². The Morgan fingerprint density at radius 3 is 2.39 bits per heavy atom. The van der Waals surface area contributed by atoms with Crippen molar-refractivity contribution in [1.82, 2.24) is 4.31 Å². The predicted octanol–water partition coefficient (Wildman–Crippen LogP) is 2.82. The van der Waals surface area contributed by atoms with Gasteiger partial charge in [-0.25, -0.2) is 13.2 Å². The summed E-state index contributed by atoms with van der Waals surface area (Å²) in [4.78, 5) is 24.3. The van der Waals surface area contributed by atoms with Gasteiger partial charge in [0.1, 0.15) is 0 Å². The number of anilines is 1. The first-order valence-corrected chi connectivity index (χ1v) is 10.4. The molecule has 148 valence electrons. The molecule has 8 heteroatoms. The maximum absolute atomic E-state index is 12.7. The number of amides is 1. The van der Waals surface area contributed by atoms with Crippen molar-refractivity contribution in [3.8, 4) is 0 Å². The van der Waals surface area contributed by atoms with Gasteiger partial charge in [-0.05, 0) is 61.7 Å². The number of benzene rings is 2. The number of nitrogens with one attached hydrogen (secondary N) is 1. The van der Waals surface area contributed by atoms with Gasteiger partial charge in [0, 0.05) is 24.3 Å². The van der Waals surface area contributed by atoms with Gasteiger partial charge in [-0.3, -0.25) is 4.79 Å². The zero-order valence-electron chi connectivity index (χ0n) is 15.8. The third-order valence-corrected chi connectivity index (χ3v) is 6.59. The molecular formula is C20H22N2O5S. The van der Waals surface area contributed by atoms with Crippen molar-refractivity contribution in [2.45, 2.75) is 24.7 Å². The number of nitrogens with zero attached hydrogens (tertiary/aromatic N) is 1. The van der Waals surface area contributed by atoms with Crippen LogP contribution in [0.15, 0.2) is 47.4 Å². The van der Waals surface area contributed by atoms with Crippen LogP contribution in [0.25, 0.3) is 0 Å². The van der Waals surface area contributed by atoms with Crippen molar-refractivity contribution in [3.05, 3.63) is 59.2 Å². The van der Waals surface area contributed by atoms with E-state index in [2.05, 4.69) is 10.1 Å². The number of aryl methyl sites for hydroxylation is 1. The van der Waals surface area contributed by atoms with Crippen LogP contribution in [0.4, 0.5) is 5.69 Å². The van der Waals surface area contributed by atoms with Crippen LogP contribution < -0.4 is 5.32 Å². The Labute approximate surface area is 164 Å². The van der Waals surface area contributed by atoms with E-state index < -0.39 is 21.9 Å². The third kappa shape index (κ3) is 4.07. The van der Waals surface area contributed by atoms with Crippen molar-refractivity contribution in [2.24, 2.45) is 0 Å². The first kappa shape index (κ1) is 20.0. The number of carbonyl (C=O) groups excluding carboxylic acids is 2. The lowest BCUT2D eigenvalue weighted by molar-refractivity contribution is 0.0600. The number of ether oxygens (including phenoxy) is 1. The molecule has 2 aromatic rings. The minimum atomic E-state index is -3.59. The Balaban J connectivity index is 1.81. The fourth-order valence-electron chi connectivity index (χ4n) is 3.12. The fourth-order valence-corrected chi connectivity index (χ4v) is 4.68. The lowest BCUT2D eigenvalue weighted by Crippen LogP contribution is -2.28. The van der Waals surface area contributed by atoms with Gasteiger partial charge in [-0.2, -0.15) is 4.31 Å². The number of hydrogen-bond donors (Lipinski definition) is 1. The molecule has 1 aliphatic heterocycles. The summed E-state index contributed by atoms with van der Waals surface area (Å²) >= 11 is 0. The van der Waals surface area contributed by atoms with E-state index in [1.54, 1.807) is 37.3 Å². The van der Waals surface area contributed by atoms with Crippen LogP contribution in [-0.2, 0) is 14.8 Å². The number of esters is 1. The van der Waals surface area contributed by atoms with Crippen molar-refractivity contribution in [2.75, 3.05) is 25.5 Å². The summed E-state index contributed by atoms with van der Waals surface area (Å²) in [5.41, 5.74) is 1.86. The molecule has 0 atom stereocenters. The van der Waals surface area contributed by atoms with E-state index in [0.717, 1.165) is 12.8 Å². The van der Waals surface area contributed by atoms with E-state index >= 15 is 0 Å². The second-order valence-corrected chi connectivity index (χ2v) is 8.55. The summed E-state index contributed by atoms with van der Waals surface area (Å²) in [6.07, 6.45) is 1.69. The number of carbonyl (C=O) groups is 2. The van der Waals surface area contributed by atoms with Crippen LogP contribution in [0.3, 0.4) is 0 Å². The van der Waals surface area contributed by atoms with Gasteiger partial charge in [0.2, 0.25) is 10.0 Å². The molecule has 1 N–H and O–H groups in total. The predicted molar refractivity (Wildman–Crippen MR) is 105 cm³/mol. The van der Waals surface area contributed by atoms with Crippen molar-refractivity contribution in [1.29, 1.82) is 0 Å².